The fourth-order valence-electron chi connectivity index (χ4n) is 3.82. The zero-order valence-corrected chi connectivity index (χ0v) is 19.5. The second-order valence-electron chi connectivity index (χ2n) is 7.58. The molecule has 0 aliphatic carbocycles. The molecule has 1 heterocycles. The molecular weight excluding hydrogens is 458 g/mol. The van der Waals surface area contributed by atoms with E-state index in [1.54, 1.807) is 12.1 Å². The van der Waals surface area contributed by atoms with E-state index >= 15 is 0 Å². The average molecular weight is 482 g/mol. The van der Waals surface area contributed by atoms with Crippen molar-refractivity contribution in [3.63, 3.8) is 0 Å². The molecule has 8 nitrogen and oxygen atoms in total. The van der Waals surface area contributed by atoms with E-state index in [4.69, 9.17) is 9.47 Å². The number of nitrogens with zero attached hydrogens (tertiary/aromatic N) is 1. The van der Waals surface area contributed by atoms with Crippen molar-refractivity contribution >= 4 is 27.6 Å². The van der Waals surface area contributed by atoms with Crippen molar-refractivity contribution in [2.75, 3.05) is 25.1 Å². The van der Waals surface area contributed by atoms with Crippen LogP contribution in [0.25, 0.3) is 0 Å². The van der Waals surface area contributed by atoms with Gasteiger partial charge in [-0.2, -0.15) is 0 Å². The summed E-state index contributed by atoms with van der Waals surface area (Å²) in [6.07, 6.45) is 1.47. The Morgan fingerprint density at radius 2 is 1.59 bits per heavy atom. The zero-order chi connectivity index (χ0) is 24.3. The molecule has 0 saturated carbocycles. The van der Waals surface area contributed by atoms with Gasteiger partial charge in [0.15, 0.2) is 0 Å². The van der Waals surface area contributed by atoms with Crippen molar-refractivity contribution in [2.45, 2.75) is 17.7 Å². The number of methoxy groups -OCH3 is 2. The number of hydrogen-bond acceptors (Lipinski definition) is 7. The van der Waals surface area contributed by atoms with Crippen LogP contribution in [0.15, 0.2) is 71.6 Å². The normalized spacial score (nSPS) is 13.1. The van der Waals surface area contributed by atoms with E-state index in [9.17, 15) is 18.0 Å². The Hall–Kier alpha value is -3.85. The summed E-state index contributed by atoms with van der Waals surface area (Å²) in [6, 6.07) is 17.3. The van der Waals surface area contributed by atoms with Gasteiger partial charge in [0.25, 0.3) is 10.0 Å². The molecule has 0 aromatic heterocycles. The van der Waals surface area contributed by atoms with Crippen molar-refractivity contribution in [3.8, 4) is 11.5 Å². The van der Waals surface area contributed by atoms with Crippen LogP contribution in [0.5, 0.6) is 11.5 Å². The summed E-state index contributed by atoms with van der Waals surface area (Å²) in [4.78, 5) is 24.2. The molecule has 176 valence electrons. The SMILES string of the molecule is COC(=O)c1ccc(OC(=O)c2ccc(OC)c(S(=O)(=O)N3CCCc4ccccc43)c2)cc1. The van der Waals surface area contributed by atoms with Gasteiger partial charge < -0.3 is 14.2 Å². The Labute approximate surface area is 197 Å². The van der Waals surface area contributed by atoms with Crippen LogP contribution in [0.3, 0.4) is 0 Å². The van der Waals surface area contributed by atoms with Gasteiger partial charge in [0.2, 0.25) is 0 Å². The summed E-state index contributed by atoms with van der Waals surface area (Å²) in [5.74, 6) is -0.934. The van der Waals surface area contributed by atoms with Crippen molar-refractivity contribution in [3.05, 3.63) is 83.4 Å². The lowest BCUT2D eigenvalue weighted by molar-refractivity contribution is 0.0600. The summed E-state index contributed by atoms with van der Waals surface area (Å²) in [7, 11) is -1.37. The predicted octanol–water partition coefficient (Wildman–Crippen LogP) is 3.84. The second kappa shape index (κ2) is 9.56. The number of aryl methyl sites for hydroxylation is 1. The molecule has 9 heteroatoms. The number of hydrogen-bond donors (Lipinski definition) is 0. The maximum absolute atomic E-state index is 13.6. The Balaban J connectivity index is 1.65. The molecule has 0 amide bonds. The summed E-state index contributed by atoms with van der Waals surface area (Å²) in [5, 5.41) is 0. The van der Waals surface area contributed by atoms with Crippen LogP contribution in [0.1, 0.15) is 32.7 Å². The van der Waals surface area contributed by atoms with Crippen LogP contribution in [0.4, 0.5) is 5.69 Å². The first-order chi connectivity index (χ1) is 16.3. The third-order valence-corrected chi connectivity index (χ3v) is 7.36. The van der Waals surface area contributed by atoms with Crippen LogP contribution in [0.2, 0.25) is 0 Å². The molecule has 0 radical (unpaired) electrons. The zero-order valence-electron chi connectivity index (χ0n) is 18.7. The highest BCUT2D eigenvalue weighted by Gasteiger charge is 2.32. The molecule has 0 atom stereocenters. The third-order valence-electron chi connectivity index (χ3n) is 5.52. The van der Waals surface area contributed by atoms with Gasteiger partial charge in [-0.05, 0) is 66.9 Å². The van der Waals surface area contributed by atoms with Crippen molar-refractivity contribution in [1.82, 2.24) is 0 Å². The van der Waals surface area contributed by atoms with E-state index in [0.29, 0.717) is 24.2 Å². The maximum atomic E-state index is 13.6. The lowest BCUT2D eigenvalue weighted by Crippen LogP contribution is -2.35. The number of benzene rings is 3. The van der Waals surface area contributed by atoms with Crippen molar-refractivity contribution < 1.29 is 32.2 Å². The van der Waals surface area contributed by atoms with Gasteiger partial charge in [-0.1, -0.05) is 18.2 Å². The molecule has 3 aromatic rings. The maximum Gasteiger partial charge on any atom is 0.343 e. The molecule has 1 aliphatic heterocycles. The minimum Gasteiger partial charge on any atom is -0.495 e. The lowest BCUT2D eigenvalue weighted by atomic mass is 10.0. The summed E-state index contributed by atoms with van der Waals surface area (Å²) in [6.45, 7) is 0.323. The van der Waals surface area contributed by atoms with Gasteiger partial charge in [0.1, 0.15) is 16.4 Å². The van der Waals surface area contributed by atoms with Gasteiger partial charge in [-0.3, -0.25) is 4.31 Å². The van der Waals surface area contributed by atoms with Gasteiger partial charge >= 0.3 is 11.9 Å². The highest BCUT2D eigenvalue weighted by molar-refractivity contribution is 7.93. The molecule has 3 aromatic carbocycles. The third kappa shape index (κ3) is 4.47. The highest BCUT2D eigenvalue weighted by atomic mass is 32.2. The number of ether oxygens (including phenoxy) is 3. The molecule has 0 unspecified atom stereocenters. The van der Waals surface area contributed by atoms with Crippen LogP contribution < -0.4 is 13.8 Å². The predicted molar refractivity (Wildman–Crippen MR) is 125 cm³/mol. The minimum absolute atomic E-state index is 0.0433. The first kappa shape index (κ1) is 23.3. The molecule has 0 saturated heterocycles. The first-order valence-corrected chi connectivity index (χ1v) is 12.0. The number of fused-ring (bicyclic) bond motifs is 1. The number of rotatable bonds is 6. The number of anilines is 1. The Kier molecular flexibility index (Phi) is 6.56. The number of carbonyl (C=O) groups is 2. The molecule has 0 spiro atoms. The van der Waals surface area contributed by atoms with E-state index in [1.807, 2.05) is 12.1 Å². The molecule has 1 aliphatic rings. The molecular formula is C25H23NO7S. The smallest absolute Gasteiger partial charge is 0.343 e. The van der Waals surface area contributed by atoms with E-state index in [2.05, 4.69) is 4.74 Å². The second-order valence-corrected chi connectivity index (χ2v) is 9.41. The topological polar surface area (TPSA) is 99.2 Å². The standard InChI is InChI=1S/C25H23NO7S/c1-31-22-14-11-19(25(28)33-20-12-9-18(10-13-20)24(27)32-2)16-23(22)34(29,30)26-15-5-7-17-6-3-4-8-21(17)26/h3-4,6,8-14,16H,5,7,15H2,1-2H3. The number of para-hydroxylation sites is 1. The number of carbonyl (C=O) groups excluding carboxylic acids is 2. The molecule has 34 heavy (non-hydrogen) atoms. The van der Waals surface area contributed by atoms with Crippen LogP contribution in [0, 0.1) is 0 Å². The van der Waals surface area contributed by atoms with Crippen molar-refractivity contribution in [1.29, 1.82) is 0 Å². The summed E-state index contributed by atoms with van der Waals surface area (Å²) >= 11 is 0. The Bertz CT molecular complexity index is 1330. The molecule has 0 fully saturated rings. The highest BCUT2D eigenvalue weighted by Crippen LogP contribution is 2.35. The monoisotopic (exact) mass is 481 g/mol. The van der Waals surface area contributed by atoms with Gasteiger partial charge in [-0.25, -0.2) is 18.0 Å². The fourth-order valence-corrected chi connectivity index (χ4v) is 5.54. The van der Waals surface area contributed by atoms with Gasteiger partial charge in [-0.15, -0.1) is 0 Å². The van der Waals surface area contributed by atoms with E-state index < -0.39 is 22.0 Å². The average Bonchev–Trinajstić information content (AvgIpc) is 2.87. The summed E-state index contributed by atoms with van der Waals surface area (Å²) < 4.78 is 44.0. The fraction of sp³-hybridized carbons (Fsp3) is 0.200. The molecule has 0 bridgehead atoms. The summed E-state index contributed by atoms with van der Waals surface area (Å²) in [5.41, 5.74) is 1.92. The van der Waals surface area contributed by atoms with Crippen LogP contribution in [-0.2, 0) is 21.2 Å². The van der Waals surface area contributed by atoms with E-state index in [-0.39, 0.29) is 22.0 Å². The molecule has 0 N–H and O–H groups in total. The van der Waals surface area contributed by atoms with Crippen molar-refractivity contribution in [2.24, 2.45) is 0 Å². The van der Waals surface area contributed by atoms with E-state index in [0.717, 1.165) is 12.0 Å². The lowest BCUT2D eigenvalue weighted by Gasteiger charge is -2.30. The number of esters is 2. The van der Waals surface area contributed by atoms with Gasteiger partial charge in [0, 0.05) is 6.54 Å². The Morgan fingerprint density at radius 1 is 0.882 bits per heavy atom. The molecule has 4 rings (SSSR count). The largest absolute Gasteiger partial charge is 0.495 e. The minimum atomic E-state index is -4.02. The van der Waals surface area contributed by atoms with Gasteiger partial charge in [0.05, 0.1) is 31.0 Å². The van der Waals surface area contributed by atoms with E-state index in [1.165, 1.54) is 61.0 Å². The quantitative estimate of drug-likeness (QED) is 0.390. The first-order valence-electron chi connectivity index (χ1n) is 10.5. The van der Waals surface area contributed by atoms with Crippen LogP contribution in [-0.4, -0.2) is 41.1 Å². The number of sulfonamides is 1. The Morgan fingerprint density at radius 3 is 2.29 bits per heavy atom. The van der Waals surface area contributed by atoms with Crippen LogP contribution >= 0.6 is 0 Å².